The molecule has 218 valence electrons. The number of hydrazone groups is 1. The van der Waals surface area contributed by atoms with E-state index in [2.05, 4.69) is 47.4 Å². The summed E-state index contributed by atoms with van der Waals surface area (Å²) in [6.45, 7) is 0. The highest BCUT2D eigenvalue weighted by Crippen LogP contribution is 2.38. The Morgan fingerprint density at radius 3 is 2.42 bits per heavy atom. The molecule has 0 bridgehead atoms. The first-order valence-electron chi connectivity index (χ1n) is 12.2. The Bertz CT molecular complexity index is 1910. The molecular formula is C30H16Br2Cl2F3N3O3. The molecule has 2 N–H and O–H groups in total. The zero-order valence-electron chi connectivity index (χ0n) is 21.4. The number of H-pyrrole nitrogens is 1. The molecule has 0 atom stereocenters. The molecule has 1 heterocycles. The van der Waals surface area contributed by atoms with Gasteiger partial charge in [-0.1, -0.05) is 75.5 Å². The van der Waals surface area contributed by atoms with E-state index < -0.39 is 23.6 Å². The largest absolute Gasteiger partial charge is 0.421 e. The van der Waals surface area contributed by atoms with E-state index in [1.807, 2.05) is 30.3 Å². The molecule has 5 aromatic rings. The van der Waals surface area contributed by atoms with E-state index in [4.69, 9.17) is 27.9 Å². The van der Waals surface area contributed by atoms with Gasteiger partial charge in [0.2, 0.25) is 0 Å². The fourth-order valence-electron chi connectivity index (χ4n) is 4.27. The Kier molecular flexibility index (Phi) is 8.98. The Balaban J connectivity index is 1.45. The van der Waals surface area contributed by atoms with Crippen LogP contribution in [0.4, 0.5) is 13.2 Å². The van der Waals surface area contributed by atoms with E-state index in [1.54, 1.807) is 24.3 Å². The number of nitrogens with zero attached hydrogens (tertiary/aromatic N) is 1. The maximum Gasteiger partial charge on any atom is 0.416 e. The number of aromatic amines is 1. The Labute approximate surface area is 269 Å². The van der Waals surface area contributed by atoms with E-state index in [0.29, 0.717) is 41.5 Å². The van der Waals surface area contributed by atoms with Gasteiger partial charge in [-0.3, -0.25) is 4.79 Å². The van der Waals surface area contributed by atoms with Gasteiger partial charge in [-0.2, -0.15) is 18.3 Å². The molecule has 0 aliphatic carbocycles. The van der Waals surface area contributed by atoms with Crippen molar-refractivity contribution in [3.05, 3.63) is 120 Å². The molecule has 5 rings (SSSR count). The number of amides is 1. The summed E-state index contributed by atoms with van der Waals surface area (Å²) in [6, 6.07) is 19.4. The first-order valence-corrected chi connectivity index (χ1v) is 14.5. The zero-order valence-corrected chi connectivity index (χ0v) is 26.1. The van der Waals surface area contributed by atoms with Gasteiger partial charge in [0.1, 0.15) is 5.69 Å². The van der Waals surface area contributed by atoms with Crippen LogP contribution in [0.3, 0.4) is 0 Å². The number of hydrogen-bond donors (Lipinski definition) is 2. The van der Waals surface area contributed by atoms with E-state index in [0.717, 1.165) is 17.7 Å². The van der Waals surface area contributed by atoms with E-state index in [1.165, 1.54) is 12.3 Å². The van der Waals surface area contributed by atoms with Crippen LogP contribution in [0.5, 0.6) is 5.75 Å². The topological polar surface area (TPSA) is 83.5 Å². The summed E-state index contributed by atoms with van der Waals surface area (Å²) in [5.41, 5.74) is 3.39. The summed E-state index contributed by atoms with van der Waals surface area (Å²) in [5.74, 6) is -1.65. The molecule has 0 spiro atoms. The molecule has 13 heteroatoms. The fraction of sp³-hybridized carbons (Fsp3) is 0.0333. The number of alkyl halides is 3. The zero-order chi connectivity index (χ0) is 30.9. The van der Waals surface area contributed by atoms with Gasteiger partial charge in [-0.15, -0.1) is 0 Å². The molecule has 0 fully saturated rings. The van der Waals surface area contributed by atoms with Crippen molar-refractivity contribution < 1.29 is 27.5 Å². The van der Waals surface area contributed by atoms with Gasteiger partial charge < -0.3 is 9.72 Å². The molecule has 6 nitrogen and oxygen atoms in total. The van der Waals surface area contributed by atoms with Crippen LogP contribution >= 0.6 is 55.1 Å². The number of carbonyl (C=O) groups excluding carboxylic acids is 2. The third kappa shape index (κ3) is 6.80. The lowest BCUT2D eigenvalue weighted by Crippen LogP contribution is -2.19. The van der Waals surface area contributed by atoms with Crippen LogP contribution in [0.25, 0.3) is 22.0 Å². The monoisotopic (exact) mass is 751 g/mol. The molecule has 4 aromatic carbocycles. The quantitative estimate of drug-likeness (QED) is 0.0784. The SMILES string of the molecule is O=C(Oc1c(Br)cc(Br)cc1C=NNC(=O)c1[nH]c2c(Cl)cc(Cl)cc2c1-c1ccccc1)c1cccc(C(F)(F)F)c1. The summed E-state index contributed by atoms with van der Waals surface area (Å²) in [5, 5.41) is 5.41. The van der Waals surface area contributed by atoms with E-state index in [-0.39, 0.29) is 22.6 Å². The molecular weight excluding hydrogens is 738 g/mol. The van der Waals surface area contributed by atoms with Gasteiger partial charge in [0, 0.05) is 26.0 Å². The average molecular weight is 754 g/mol. The van der Waals surface area contributed by atoms with Crippen LogP contribution in [0.2, 0.25) is 10.0 Å². The number of rotatable bonds is 6. The van der Waals surface area contributed by atoms with E-state index in [9.17, 15) is 22.8 Å². The minimum atomic E-state index is -4.63. The molecule has 1 amide bonds. The molecule has 0 unspecified atom stereocenters. The second-order valence-electron chi connectivity index (χ2n) is 9.02. The first kappa shape index (κ1) is 30.8. The smallest absolute Gasteiger partial charge is 0.416 e. The van der Waals surface area contributed by atoms with E-state index >= 15 is 0 Å². The van der Waals surface area contributed by atoms with Crippen LogP contribution in [0.1, 0.15) is 32.0 Å². The van der Waals surface area contributed by atoms with Crippen molar-refractivity contribution in [2.45, 2.75) is 6.18 Å². The normalized spacial score (nSPS) is 11.7. The summed E-state index contributed by atoms with van der Waals surface area (Å²) >= 11 is 19.3. The van der Waals surface area contributed by atoms with Gasteiger partial charge in [0.15, 0.2) is 5.75 Å². The fourth-order valence-corrected chi connectivity index (χ4v) is 6.15. The predicted octanol–water partition coefficient (Wildman–Crippen LogP) is 9.67. The summed E-state index contributed by atoms with van der Waals surface area (Å²) < 4.78 is 45.8. The van der Waals surface area contributed by atoms with Crippen molar-refractivity contribution in [2.24, 2.45) is 5.10 Å². The highest BCUT2D eigenvalue weighted by Gasteiger charge is 2.31. The minimum Gasteiger partial charge on any atom is -0.421 e. The minimum absolute atomic E-state index is 0.0272. The molecule has 0 saturated carbocycles. The molecule has 0 aliphatic heterocycles. The molecule has 0 aliphatic rings. The predicted molar refractivity (Wildman–Crippen MR) is 167 cm³/mol. The molecule has 43 heavy (non-hydrogen) atoms. The number of nitrogens with one attached hydrogen (secondary N) is 2. The molecule has 1 aromatic heterocycles. The summed E-state index contributed by atoms with van der Waals surface area (Å²) in [7, 11) is 0. The number of aromatic nitrogens is 1. The van der Waals surface area contributed by atoms with Gasteiger partial charge in [-0.05, 0) is 64.0 Å². The van der Waals surface area contributed by atoms with Crippen molar-refractivity contribution in [1.29, 1.82) is 0 Å². The van der Waals surface area contributed by atoms with Crippen molar-refractivity contribution in [3.63, 3.8) is 0 Å². The lowest BCUT2D eigenvalue weighted by molar-refractivity contribution is -0.137. The highest BCUT2D eigenvalue weighted by molar-refractivity contribution is 9.11. The van der Waals surface area contributed by atoms with Crippen LogP contribution in [0, 0.1) is 0 Å². The van der Waals surface area contributed by atoms with Crippen LogP contribution in [-0.4, -0.2) is 23.1 Å². The highest BCUT2D eigenvalue weighted by atomic mass is 79.9. The number of benzene rings is 4. The van der Waals surface area contributed by atoms with Crippen molar-refractivity contribution in [2.75, 3.05) is 0 Å². The average Bonchev–Trinajstić information content (AvgIpc) is 3.34. The van der Waals surface area contributed by atoms with Crippen molar-refractivity contribution >= 4 is 84.1 Å². The maximum absolute atomic E-state index is 13.4. The standard InChI is InChI=1S/C30H16Br2Cl2F3N3O3/c31-19-10-17(27(22(32)11-19)43-29(42)16-7-4-8-18(9-16)30(35,36)37)14-38-40-28(41)26-24(15-5-2-1-3-6-15)21-12-20(33)13-23(34)25(21)39-26/h1-14,39H,(H,40,41). The second kappa shape index (κ2) is 12.5. The second-order valence-corrected chi connectivity index (χ2v) is 11.6. The lowest BCUT2D eigenvalue weighted by Gasteiger charge is -2.12. The van der Waals surface area contributed by atoms with Crippen LogP contribution < -0.4 is 10.2 Å². The number of fused-ring (bicyclic) bond motifs is 1. The number of carbonyl (C=O) groups is 2. The lowest BCUT2D eigenvalue weighted by atomic mass is 10.0. The third-order valence-corrected chi connectivity index (χ3v) is 7.70. The Morgan fingerprint density at radius 1 is 0.953 bits per heavy atom. The van der Waals surface area contributed by atoms with Crippen molar-refractivity contribution in [3.8, 4) is 16.9 Å². The van der Waals surface area contributed by atoms with Gasteiger partial charge in [0.25, 0.3) is 5.91 Å². The number of esters is 1. The number of hydrogen-bond acceptors (Lipinski definition) is 4. The Hall–Kier alpha value is -3.64. The number of ether oxygens (including phenoxy) is 1. The molecule has 0 saturated heterocycles. The summed E-state index contributed by atoms with van der Waals surface area (Å²) in [6.07, 6.45) is -3.40. The Morgan fingerprint density at radius 2 is 1.70 bits per heavy atom. The van der Waals surface area contributed by atoms with Gasteiger partial charge in [-0.25, -0.2) is 10.2 Å². The van der Waals surface area contributed by atoms with Gasteiger partial charge >= 0.3 is 12.1 Å². The first-order chi connectivity index (χ1) is 20.4. The number of halogens is 7. The maximum atomic E-state index is 13.4. The van der Waals surface area contributed by atoms with Crippen molar-refractivity contribution in [1.82, 2.24) is 10.4 Å². The third-order valence-electron chi connectivity index (χ3n) is 6.14. The summed E-state index contributed by atoms with van der Waals surface area (Å²) in [4.78, 5) is 29.2. The van der Waals surface area contributed by atoms with Crippen LogP contribution in [0.15, 0.2) is 92.9 Å². The molecule has 0 radical (unpaired) electrons. The van der Waals surface area contributed by atoms with Crippen LogP contribution in [-0.2, 0) is 6.18 Å². The van der Waals surface area contributed by atoms with Gasteiger partial charge in [0.05, 0.1) is 32.4 Å².